The monoisotopic (exact) mass is 315 g/mol. The van der Waals surface area contributed by atoms with Crippen LogP contribution in [0.15, 0.2) is 17.3 Å². The lowest BCUT2D eigenvalue weighted by Crippen LogP contribution is -2.42. The average molecular weight is 315 g/mol. The van der Waals surface area contributed by atoms with Crippen molar-refractivity contribution in [3.63, 3.8) is 0 Å². The van der Waals surface area contributed by atoms with E-state index in [-0.39, 0.29) is 17.9 Å². The minimum atomic E-state index is -3.53. The molecule has 1 aromatic heterocycles. The predicted molar refractivity (Wildman–Crippen MR) is 76.2 cm³/mol. The van der Waals surface area contributed by atoms with Crippen molar-refractivity contribution in [2.24, 2.45) is 11.8 Å². The summed E-state index contributed by atoms with van der Waals surface area (Å²) in [6.07, 6.45) is 3.47. The zero-order valence-corrected chi connectivity index (χ0v) is 13.1. The van der Waals surface area contributed by atoms with Gasteiger partial charge in [0.05, 0.1) is 19.2 Å². The quantitative estimate of drug-likeness (QED) is 0.876. The number of rotatable bonds is 5. The molecule has 0 saturated carbocycles. The van der Waals surface area contributed by atoms with Gasteiger partial charge in [-0.2, -0.15) is 9.40 Å². The van der Waals surface area contributed by atoms with Crippen molar-refractivity contribution >= 4 is 16.0 Å². The molecule has 2 rings (SSSR count). The summed E-state index contributed by atoms with van der Waals surface area (Å²) < 4.78 is 27.9. The maximum absolute atomic E-state index is 12.5. The molecule has 0 bridgehead atoms. The van der Waals surface area contributed by atoms with E-state index in [0.29, 0.717) is 24.9 Å². The molecule has 7 nitrogen and oxygen atoms in total. The highest BCUT2D eigenvalue weighted by Gasteiger charge is 2.32. The predicted octanol–water partition coefficient (Wildman–Crippen LogP) is 1.02. The normalized spacial score (nSPS) is 24.1. The molecule has 1 aliphatic heterocycles. The molecule has 1 saturated heterocycles. The minimum Gasteiger partial charge on any atom is -0.481 e. The van der Waals surface area contributed by atoms with Crippen molar-refractivity contribution in [1.82, 2.24) is 14.1 Å². The highest BCUT2D eigenvalue weighted by atomic mass is 32.2. The van der Waals surface area contributed by atoms with Gasteiger partial charge in [-0.15, -0.1) is 0 Å². The Labute approximate surface area is 124 Å². The van der Waals surface area contributed by atoms with Crippen LogP contribution in [0.1, 0.15) is 26.7 Å². The Hall–Kier alpha value is -1.41. The highest BCUT2D eigenvalue weighted by molar-refractivity contribution is 7.89. The molecule has 118 valence electrons. The highest BCUT2D eigenvalue weighted by Crippen LogP contribution is 2.27. The van der Waals surface area contributed by atoms with E-state index in [1.54, 1.807) is 0 Å². The number of carbonyl (C=O) groups is 1. The van der Waals surface area contributed by atoms with E-state index < -0.39 is 16.0 Å². The van der Waals surface area contributed by atoms with Crippen molar-refractivity contribution in [3.8, 4) is 0 Å². The lowest BCUT2D eigenvalue weighted by atomic mass is 9.90. The summed E-state index contributed by atoms with van der Waals surface area (Å²) in [4.78, 5) is 10.7. The number of aliphatic carboxylic acids is 1. The molecular formula is C13H21N3O4S. The number of aryl methyl sites for hydroxylation is 1. The molecule has 2 heterocycles. The number of nitrogens with zero attached hydrogens (tertiary/aromatic N) is 3. The summed E-state index contributed by atoms with van der Waals surface area (Å²) in [5.41, 5.74) is 0. The fourth-order valence-corrected chi connectivity index (χ4v) is 3.91. The molecule has 0 spiro atoms. The summed E-state index contributed by atoms with van der Waals surface area (Å²) in [6.45, 7) is 5.40. The van der Waals surface area contributed by atoms with Gasteiger partial charge in [-0.05, 0) is 18.3 Å². The Bertz CT molecular complexity index is 611. The minimum absolute atomic E-state index is 0.0839. The van der Waals surface area contributed by atoms with E-state index in [1.165, 1.54) is 21.4 Å². The Morgan fingerprint density at radius 3 is 2.76 bits per heavy atom. The van der Waals surface area contributed by atoms with E-state index in [2.05, 4.69) is 18.9 Å². The second-order valence-electron chi connectivity index (χ2n) is 5.69. The molecule has 1 aliphatic rings. The fraction of sp³-hybridized carbons (Fsp3) is 0.692. The van der Waals surface area contributed by atoms with Crippen LogP contribution in [0.3, 0.4) is 0 Å². The van der Waals surface area contributed by atoms with Crippen LogP contribution in [0.25, 0.3) is 0 Å². The molecule has 1 fully saturated rings. The first kappa shape index (κ1) is 16.0. The molecular weight excluding hydrogens is 294 g/mol. The van der Waals surface area contributed by atoms with Crippen LogP contribution in [-0.4, -0.2) is 46.7 Å². The SMILES string of the molecule is CC1CCN(S(=O)(=O)c2cnn(CCC(=O)O)c2)CC1C. The van der Waals surface area contributed by atoms with E-state index in [9.17, 15) is 13.2 Å². The Balaban J connectivity index is 2.11. The van der Waals surface area contributed by atoms with E-state index in [4.69, 9.17) is 5.11 Å². The van der Waals surface area contributed by atoms with Crippen LogP contribution in [0.5, 0.6) is 0 Å². The lowest BCUT2D eigenvalue weighted by molar-refractivity contribution is -0.137. The summed E-state index contributed by atoms with van der Waals surface area (Å²) in [7, 11) is -3.53. The Kier molecular flexibility index (Phi) is 4.67. The van der Waals surface area contributed by atoms with Crippen LogP contribution in [-0.2, 0) is 21.4 Å². The van der Waals surface area contributed by atoms with Crippen molar-refractivity contribution < 1.29 is 18.3 Å². The largest absolute Gasteiger partial charge is 0.481 e. The summed E-state index contributed by atoms with van der Waals surface area (Å²) in [5, 5.41) is 12.6. The fourth-order valence-electron chi connectivity index (χ4n) is 2.40. The van der Waals surface area contributed by atoms with Gasteiger partial charge in [-0.3, -0.25) is 9.48 Å². The van der Waals surface area contributed by atoms with Gasteiger partial charge in [0.1, 0.15) is 4.90 Å². The number of carboxylic acid groups (broad SMARTS) is 1. The maximum Gasteiger partial charge on any atom is 0.305 e. The van der Waals surface area contributed by atoms with Crippen LogP contribution in [0, 0.1) is 11.8 Å². The van der Waals surface area contributed by atoms with Gasteiger partial charge in [-0.1, -0.05) is 13.8 Å². The van der Waals surface area contributed by atoms with Crippen LogP contribution in [0.4, 0.5) is 0 Å². The van der Waals surface area contributed by atoms with Gasteiger partial charge in [-0.25, -0.2) is 8.42 Å². The van der Waals surface area contributed by atoms with Gasteiger partial charge in [0, 0.05) is 19.3 Å². The van der Waals surface area contributed by atoms with E-state index >= 15 is 0 Å². The third kappa shape index (κ3) is 3.62. The van der Waals surface area contributed by atoms with Gasteiger partial charge >= 0.3 is 5.97 Å². The van der Waals surface area contributed by atoms with Crippen LogP contribution >= 0.6 is 0 Å². The molecule has 0 amide bonds. The first-order valence-electron chi connectivity index (χ1n) is 7.05. The molecule has 1 N–H and O–H groups in total. The van der Waals surface area contributed by atoms with Crippen molar-refractivity contribution in [2.45, 2.75) is 38.1 Å². The molecule has 1 aromatic rings. The lowest BCUT2D eigenvalue weighted by Gasteiger charge is -2.34. The third-order valence-electron chi connectivity index (χ3n) is 4.10. The van der Waals surface area contributed by atoms with Gasteiger partial charge in [0.25, 0.3) is 0 Å². The number of hydrogen-bond acceptors (Lipinski definition) is 4. The van der Waals surface area contributed by atoms with Gasteiger partial charge in [0.2, 0.25) is 10.0 Å². The van der Waals surface area contributed by atoms with Crippen LogP contribution < -0.4 is 0 Å². The molecule has 2 atom stereocenters. The average Bonchev–Trinajstić information content (AvgIpc) is 2.89. The first-order valence-corrected chi connectivity index (χ1v) is 8.49. The van der Waals surface area contributed by atoms with E-state index in [1.807, 2.05) is 0 Å². The van der Waals surface area contributed by atoms with Gasteiger partial charge < -0.3 is 5.11 Å². The zero-order chi connectivity index (χ0) is 15.6. The number of piperidine rings is 1. The molecule has 21 heavy (non-hydrogen) atoms. The van der Waals surface area contributed by atoms with Crippen molar-refractivity contribution in [2.75, 3.05) is 13.1 Å². The van der Waals surface area contributed by atoms with Gasteiger partial charge in [0.15, 0.2) is 0 Å². The van der Waals surface area contributed by atoms with Crippen LogP contribution in [0.2, 0.25) is 0 Å². The first-order chi connectivity index (χ1) is 9.80. The third-order valence-corrected chi connectivity index (χ3v) is 5.92. The second-order valence-corrected chi connectivity index (χ2v) is 7.63. The summed E-state index contributed by atoms with van der Waals surface area (Å²) in [6, 6.07) is 0. The smallest absolute Gasteiger partial charge is 0.305 e. The summed E-state index contributed by atoms with van der Waals surface area (Å²) >= 11 is 0. The molecule has 0 aromatic carbocycles. The maximum atomic E-state index is 12.5. The Morgan fingerprint density at radius 2 is 2.14 bits per heavy atom. The van der Waals surface area contributed by atoms with Crippen molar-refractivity contribution in [1.29, 1.82) is 0 Å². The molecule has 8 heteroatoms. The zero-order valence-electron chi connectivity index (χ0n) is 12.3. The summed E-state index contributed by atoms with van der Waals surface area (Å²) in [5.74, 6) is -0.0842. The number of aromatic nitrogens is 2. The Morgan fingerprint density at radius 1 is 1.43 bits per heavy atom. The molecule has 2 unspecified atom stereocenters. The standard InChI is InChI=1S/C13H21N3O4S/c1-10-3-6-16(8-11(10)2)21(19,20)12-7-14-15(9-12)5-4-13(17)18/h7,9-11H,3-6,8H2,1-2H3,(H,17,18). The van der Waals surface area contributed by atoms with E-state index in [0.717, 1.165) is 6.42 Å². The number of hydrogen-bond donors (Lipinski definition) is 1. The second kappa shape index (κ2) is 6.15. The van der Waals surface area contributed by atoms with Crippen molar-refractivity contribution in [3.05, 3.63) is 12.4 Å². The number of carboxylic acids is 1. The molecule has 0 aliphatic carbocycles. The topological polar surface area (TPSA) is 92.5 Å². The molecule has 0 radical (unpaired) electrons. The number of sulfonamides is 1.